The molecule has 1 saturated heterocycles. The second-order valence-corrected chi connectivity index (χ2v) is 9.79. The first-order valence-electron chi connectivity index (χ1n) is 10.5. The standard InChI is InChI=1S/C24H22ClN3O3S/c1-14-12-18(15(2)28(14)17-7-5-16(25)6-8-17)20(29)13-27-22(30)24(26-23(27)31)10-3-4-21-19(24)9-11-32-21/h5-9,11-12H,3-4,10,13H2,1-2H3,(H,26,31)/t24-/m1/s1. The lowest BCUT2D eigenvalue weighted by Crippen LogP contribution is -2.46. The second-order valence-electron chi connectivity index (χ2n) is 8.36. The lowest BCUT2D eigenvalue weighted by atomic mass is 9.80. The molecule has 6 nitrogen and oxygen atoms in total. The number of carbonyl (C=O) groups is 3. The Hall–Kier alpha value is -2.90. The number of Topliss-reactive ketones (excluding diaryl/α,β-unsaturated/α-hetero) is 1. The summed E-state index contributed by atoms with van der Waals surface area (Å²) in [5.74, 6) is -0.595. The van der Waals surface area contributed by atoms with Crippen LogP contribution in [0.5, 0.6) is 0 Å². The van der Waals surface area contributed by atoms with Crippen molar-refractivity contribution in [2.45, 2.75) is 38.6 Å². The van der Waals surface area contributed by atoms with Crippen LogP contribution in [0.3, 0.4) is 0 Å². The molecule has 1 aromatic carbocycles. The van der Waals surface area contributed by atoms with Crippen molar-refractivity contribution in [3.63, 3.8) is 0 Å². The second kappa shape index (κ2) is 7.60. The molecule has 3 aromatic rings. The number of urea groups is 1. The van der Waals surface area contributed by atoms with Crippen LogP contribution < -0.4 is 5.32 Å². The number of hydrogen-bond donors (Lipinski definition) is 1. The molecule has 164 valence electrons. The maximum atomic E-state index is 13.4. The summed E-state index contributed by atoms with van der Waals surface area (Å²) in [7, 11) is 0. The predicted molar refractivity (Wildman–Crippen MR) is 124 cm³/mol. The third-order valence-corrected chi connectivity index (χ3v) is 7.69. The average molecular weight is 468 g/mol. The number of halogens is 1. The van der Waals surface area contributed by atoms with Crippen LogP contribution in [-0.2, 0) is 16.8 Å². The van der Waals surface area contributed by atoms with E-state index in [-0.39, 0.29) is 18.2 Å². The van der Waals surface area contributed by atoms with E-state index in [9.17, 15) is 14.4 Å². The molecule has 0 unspecified atom stereocenters. The maximum Gasteiger partial charge on any atom is 0.325 e. The Morgan fingerprint density at radius 1 is 1.19 bits per heavy atom. The molecule has 1 fully saturated rings. The molecule has 0 radical (unpaired) electrons. The number of hydrogen-bond acceptors (Lipinski definition) is 4. The summed E-state index contributed by atoms with van der Waals surface area (Å²) in [5, 5.41) is 5.50. The van der Waals surface area contributed by atoms with E-state index >= 15 is 0 Å². The predicted octanol–water partition coefficient (Wildman–Crippen LogP) is 4.78. The van der Waals surface area contributed by atoms with Crippen LogP contribution in [0.25, 0.3) is 5.69 Å². The Morgan fingerprint density at radius 2 is 1.94 bits per heavy atom. The van der Waals surface area contributed by atoms with E-state index in [1.807, 2.05) is 42.0 Å². The van der Waals surface area contributed by atoms with Gasteiger partial charge in [-0.15, -0.1) is 11.3 Å². The summed E-state index contributed by atoms with van der Waals surface area (Å²) in [6.07, 6.45) is 2.29. The lowest BCUT2D eigenvalue weighted by Gasteiger charge is -2.31. The van der Waals surface area contributed by atoms with Crippen LogP contribution in [0.4, 0.5) is 4.79 Å². The molecular weight excluding hydrogens is 446 g/mol. The van der Waals surface area contributed by atoms with Gasteiger partial charge in [-0.25, -0.2) is 4.79 Å². The number of nitrogens with zero attached hydrogens (tertiary/aromatic N) is 2. The Bertz CT molecular complexity index is 1260. The fourth-order valence-corrected chi connectivity index (χ4v) is 6.07. The number of rotatable bonds is 4. The summed E-state index contributed by atoms with van der Waals surface area (Å²) < 4.78 is 1.97. The molecule has 1 aliphatic carbocycles. The molecule has 8 heteroatoms. The van der Waals surface area contributed by atoms with Gasteiger partial charge in [0.15, 0.2) is 5.78 Å². The van der Waals surface area contributed by atoms with Gasteiger partial charge in [0.1, 0.15) is 5.54 Å². The zero-order valence-corrected chi connectivity index (χ0v) is 19.3. The van der Waals surface area contributed by atoms with Crippen LogP contribution in [-0.4, -0.2) is 33.7 Å². The highest BCUT2D eigenvalue weighted by Gasteiger charge is 2.54. The highest BCUT2D eigenvalue weighted by atomic mass is 35.5. The van der Waals surface area contributed by atoms with Gasteiger partial charge in [0, 0.05) is 38.1 Å². The van der Waals surface area contributed by atoms with Gasteiger partial charge in [0.2, 0.25) is 0 Å². The molecule has 1 atom stereocenters. The van der Waals surface area contributed by atoms with E-state index in [2.05, 4.69) is 5.32 Å². The maximum absolute atomic E-state index is 13.4. The zero-order valence-electron chi connectivity index (χ0n) is 17.8. The molecular formula is C24H22ClN3O3S. The molecule has 2 aliphatic rings. The number of aromatic nitrogens is 1. The number of ketones is 1. The summed E-state index contributed by atoms with van der Waals surface area (Å²) >= 11 is 7.61. The van der Waals surface area contributed by atoms with E-state index in [1.54, 1.807) is 29.5 Å². The number of nitrogens with one attached hydrogen (secondary N) is 1. The number of benzene rings is 1. The molecule has 2 aromatic heterocycles. The highest BCUT2D eigenvalue weighted by Crippen LogP contribution is 2.42. The average Bonchev–Trinajstić information content (AvgIpc) is 3.42. The molecule has 3 heterocycles. The zero-order chi connectivity index (χ0) is 22.6. The Kier molecular flexibility index (Phi) is 4.98. The van der Waals surface area contributed by atoms with Gasteiger partial charge in [0.05, 0.1) is 6.54 Å². The van der Waals surface area contributed by atoms with Crippen molar-refractivity contribution in [3.05, 3.63) is 74.2 Å². The first kappa shape index (κ1) is 21.0. The lowest BCUT2D eigenvalue weighted by molar-refractivity contribution is -0.131. The fourth-order valence-electron chi connectivity index (χ4n) is 4.95. The monoisotopic (exact) mass is 467 g/mol. The molecule has 1 N–H and O–H groups in total. The van der Waals surface area contributed by atoms with E-state index < -0.39 is 11.6 Å². The molecule has 0 bridgehead atoms. The first-order valence-corrected chi connectivity index (χ1v) is 11.8. The van der Waals surface area contributed by atoms with Crippen LogP contribution >= 0.6 is 22.9 Å². The van der Waals surface area contributed by atoms with Gasteiger partial charge in [0.25, 0.3) is 5.91 Å². The van der Waals surface area contributed by atoms with E-state index in [1.165, 1.54) is 0 Å². The Morgan fingerprint density at radius 3 is 2.69 bits per heavy atom. The number of carbonyl (C=O) groups excluding carboxylic acids is 3. The summed E-state index contributed by atoms with van der Waals surface area (Å²) in [6, 6.07) is 10.6. The van der Waals surface area contributed by atoms with Crippen LogP contribution in [0, 0.1) is 13.8 Å². The summed E-state index contributed by atoms with van der Waals surface area (Å²) in [4.78, 5) is 41.6. The van der Waals surface area contributed by atoms with Crippen LogP contribution in [0.1, 0.15) is 45.0 Å². The van der Waals surface area contributed by atoms with E-state index in [4.69, 9.17) is 11.6 Å². The smallest absolute Gasteiger partial charge is 0.319 e. The van der Waals surface area contributed by atoms with Gasteiger partial charge >= 0.3 is 6.03 Å². The molecule has 1 aliphatic heterocycles. The van der Waals surface area contributed by atoms with Gasteiger partial charge in [-0.3, -0.25) is 14.5 Å². The minimum Gasteiger partial charge on any atom is -0.319 e. The fraction of sp³-hybridized carbons (Fsp3) is 0.292. The molecule has 3 amide bonds. The number of thiophene rings is 1. The number of amides is 3. The van der Waals surface area contributed by atoms with Crippen molar-refractivity contribution in [3.8, 4) is 5.69 Å². The van der Waals surface area contributed by atoms with Gasteiger partial charge in [-0.2, -0.15) is 0 Å². The third kappa shape index (κ3) is 3.11. The van der Waals surface area contributed by atoms with Crippen molar-refractivity contribution < 1.29 is 14.4 Å². The van der Waals surface area contributed by atoms with Crippen molar-refractivity contribution >= 4 is 40.7 Å². The van der Waals surface area contributed by atoms with Crippen LogP contribution in [0.2, 0.25) is 5.02 Å². The van der Waals surface area contributed by atoms with Crippen molar-refractivity contribution in [2.24, 2.45) is 0 Å². The van der Waals surface area contributed by atoms with Crippen LogP contribution in [0.15, 0.2) is 41.8 Å². The van der Waals surface area contributed by atoms with Gasteiger partial charge < -0.3 is 9.88 Å². The first-order chi connectivity index (χ1) is 15.3. The molecule has 5 rings (SSSR count). The normalized spacial score (nSPS) is 20.0. The van der Waals surface area contributed by atoms with Gasteiger partial charge in [-0.1, -0.05) is 11.6 Å². The third-order valence-electron chi connectivity index (χ3n) is 6.45. The Labute approximate surface area is 194 Å². The summed E-state index contributed by atoms with van der Waals surface area (Å²) in [5.41, 5.74) is 2.88. The minimum absolute atomic E-state index is 0.264. The number of aryl methyl sites for hydroxylation is 2. The molecule has 32 heavy (non-hydrogen) atoms. The SMILES string of the molecule is Cc1cc(C(=O)CN2C(=O)N[C@@]3(CCCc4sccc43)C2=O)c(C)n1-c1ccc(Cl)cc1. The molecule has 1 spiro atoms. The van der Waals surface area contributed by atoms with E-state index in [0.717, 1.165) is 45.3 Å². The van der Waals surface area contributed by atoms with E-state index in [0.29, 0.717) is 17.0 Å². The van der Waals surface area contributed by atoms with Gasteiger partial charge in [-0.05, 0) is 74.9 Å². The van der Waals surface area contributed by atoms with Crippen molar-refractivity contribution in [2.75, 3.05) is 6.54 Å². The topological polar surface area (TPSA) is 71.4 Å². The molecule has 0 saturated carbocycles. The minimum atomic E-state index is -1.04. The quantitative estimate of drug-likeness (QED) is 0.443. The largest absolute Gasteiger partial charge is 0.325 e. The number of fused-ring (bicyclic) bond motifs is 2. The number of imide groups is 1. The Balaban J connectivity index is 1.43. The van der Waals surface area contributed by atoms with Crippen molar-refractivity contribution in [1.82, 2.24) is 14.8 Å². The highest BCUT2D eigenvalue weighted by molar-refractivity contribution is 7.10. The van der Waals surface area contributed by atoms with Crippen molar-refractivity contribution in [1.29, 1.82) is 0 Å². The summed E-state index contributed by atoms with van der Waals surface area (Å²) in [6.45, 7) is 3.50.